The van der Waals surface area contributed by atoms with Crippen LogP contribution in [0.5, 0.6) is 0 Å². The first-order valence-corrected chi connectivity index (χ1v) is 12.9. The summed E-state index contributed by atoms with van der Waals surface area (Å²) in [6.45, 7) is 1.51. The zero-order chi connectivity index (χ0) is 25.9. The third-order valence-corrected chi connectivity index (χ3v) is 8.57. The van der Waals surface area contributed by atoms with Gasteiger partial charge in [-0.15, -0.1) is 23.1 Å². The van der Waals surface area contributed by atoms with Gasteiger partial charge in [0.05, 0.1) is 27.9 Å². The van der Waals surface area contributed by atoms with Crippen LogP contribution in [0.1, 0.15) is 23.2 Å². The minimum Gasteiger partial charge on any atom is -0.477 e. The number of aromatic nitrogens is 2. The zero-order valence-corrected chi connectivity index (χ0v) is 20.6. The van der Waals surface area contributed by atoms with Gasteiger partial charge in [0, 0.05) is 29.8 Å². The van der Waals surface area contributed by atoms with Crippen molar-refractivity contribution in [3.8, 4) is 6.07 Å². The minimum absolute atomic E-state index is 0.0657. The van der Waals surface area contributed by atoms with Gasteiger partial charge < -0.3 is 15.1 Å². The van der Waals surface area contributed by atoms with Gasteiger partial charge in [0.15, 0.2) is 0 Å². The Labute approximate surface area is 212 Å². The molecular weight excluding hydrogens is 506 g/mol. The first kappa shape index (κ1) is 24.0. The second-order valence-corrected chi connectivity index (χ2v) is 10.4. The van der Waals surface area contributed by atoms with Crippen LogP contribution in [0.25, 0.3) is 10.4 Å². The number of rotatable bonds is 7. The van der Waals surface area contributed by atoms with E-state index < -0.39 is 40.8 Å². The molecule has 184 valence electrons. The van der Waals surface area contributed by atoms with E-state index in [1.54, 1.807) is 22.7 Å². The van der Waals surface area contributed by atoms with Crippen molar-refractivity contribution in [1.29, 1.82) is 5.26 Å². The van der Waals surface area contributed by atoms with Crippen molar-refractivity contribution in [1.82, 2.24) is 14.3 Å². The monoisotopic (exact) mass is 525 g/mol. The highest BCUT2D eigenvalue weighted by Gasteiger charge is 2.61. The molecule has 3 aromatic rings. The van der Waals surface area contributed by atoms with Gasteiger partial charge in [-0.1, -0.05) is 12.1 Å². The molecule has 0 aliphatic carbocycles. The van der Waals surface area contributed by atoms with Gasteiger partial charge in [-0.2, -0.15) is 5.26 Å². The molecule has 2 aliphatic rings. The lowest BCUT2D eigenvalue weighted by molar-refractivity contribution is -0.384. The summed E-state index contributed by atoms with van der Waals surface area (Å²) in [6, 6.07) is 7.45. The van der Waals surface area contributed by atoms with E-state index in [0.717, 1.165) is 5.56 Å². The Morgan fingerprint density at radius 2 is 2.08 bits per heavy atom. The number of aliphatic hydroxyl groups is 1. The number of carboxylic acid groups (broad SMARTS) is 1. The number of β-lactam (4-membered cyclic amide) rings is 1. The van der Waals surface area contributed by atoms with E-state index >= 15 is 0 Å². The summed E-state index contributed by atoms with van der Waals surface area (Å²) in [5, 5.41) is 41.7. The van der Waals surface area contributed by atoms with Gasteiger partial charge in [-0.05, 0) is 25.2 Å². The van der Waals surface area contributed by atoms with Crippen LogP contribution >= 0.6 is 23.1 Å². The Morgan fingerprint density at radius 1 is 1.39 bits per heavy atom. The Balaban J connectivity index is 1.67. The van der Waals surface area contributed by atoms with Gasteiger partial charge in [-0.3, -0.25) is 19.3 Å². The number of thioether (sulfide) groups is 1. The summed E-state index contributed by atoms with van der Waals surface area (Å²) >= 11 is 2.65. The van der Waals surface area contributed by atoms with Crippen LogP contribution in [-0.4, -0.2) is 59.7 Å². The average Bonchev–Trinajstić information content (AvgIpc) is 3.47. The highest BCUT2D eigenvalue weighted by Crippen LogP contribution is 2.53. The van der Waals surface area contributed by atoms with Crippen LogP contribution < -0.4 is 0 Å². The summed E-state index contributed by atoms with van der Waals surface area (Å²) in [4.78, 5) is 42.8. The molecule has 1 amide bonds. The number of imidazole rings is 1. The molecule has 36 heavy (non-hydrogen) atoms. The number of aliphatic hydroxyl groups excluding tert-OH is 1. The molecule has 4 heterocycles. The molecule has 0 radical (unpaired) electrons. The molecule has 0 spiro atoms. The normalized spacial score (nSPS) is 21.9. The number of thiazole rings is 1. The molecule has 4 atom stereocenters. The average molecular weight is 526 g/mol. The number of carboxylic acids is 1. The highest BCUT2D eigenvalue weighted by atomic mass is 32.2. The molecule has 2 aliphatic heterocycles. The summed E-state index contributed by atoms with van der Waals surface area (Å²) in [7, 11) is 0. The van der Waals surface area contributed by atoms with E-state index in [-0.39, 0.29) is 17.2 Å². The number of non-ortho nitro benzene ring substituents is 1. The van der Waals surface area contributed by atoms with E-state index in [1.807, 2.05) is 12.3 Å². The topological polar surface area (TPSA) is 162 Å². The first-order chi connectivity index (χ1) is 17.2. The van der Waals surface area contributed by atoms with Crippen LogP contribution in [0, 0.1) is 33.3 Å². The second-order valence-electron chi connectivity index (χ2n) is 8.59. The van der Waals surface area contributed by atoms with Crippen molar-refractivity contribution in [2.45, 2.75) is 30.5 Å². The second kappa shape index (κ2) is 8.74. The van der Waals surface area contributed by atoms with Crippen molar-refractivity contribution in [3.05, 3.63) is 62.5 Å². The highest BCUT2D eigenvalue weighted by molar-refractivity contribution is 7.98. The molecule has 1 fully saturated rings. The molecule has 11 nitrogen and oxygen atoms in total. The number of carbonyl (C=O) groups is 2. The molecule has 1 saturated heterocycles. The molecule has 1 aromatic carbocycles. The predicted octanol–water partition coefficient (Wildman–Crippen LogP) is 2.77. The summed E-state index contributed by atoms with van der Waals surface area (Å²) < 4.78 is 1.62. The summed E-state index contributed by atoms with van der Waals surface area (Å²) in [5.74, 6) is -2.82. The van der Waals surface area contributed by atoms with Crippen molar-refractivity contribution in [2.24, 2.45) is 11.8 Å². The van der Waals surface area contributed by atoms with Gasteiger partial charge in [0.2, 0.25) is 11.7 Å². The van der Waals surface area contributed by atoms with Crippen LogP contribution in [0.2, 0.25) is 0 Å². The number of nitro groups is 1. The standard InChI is InChI=1S/C23H19N5O6S2/c1-10(29)16-18-13(7-11-3-5-12(6-4-11)28(33)34)17(19(23(31)32)27(18)21(16)30)14-9-26-15(8-24)25-20(35-2)22(26)36-14/h3-6,9-10,13,16,18,29H,7H2,1-2H3,(H,31,32)/t10-,13?,16-,18-/m1/s1. The lowest BCUT2D eigenvalue weighted by atomic mass is 9.74. The van der Waals surface area contributed by atoms with Crippen molar-refractivity contribution >= 4 is 51.1 Å². The Bertz CT molecular complexity index is 1500. The summed E-state index contributed by atoms with van der Waals surface area (Å²) in [6.07, 6.45) is 2.81. The van der Waals surface area contributed by atoms with E-state index in [4.69, 9.17) is 0 Å². The number of carbonyl (C=O) groups excluding carboxylic acids is 1. The van der Waals surface area contributed by atoms with Gasteiger partial charge >= 0.3 is 5.97 Å². The maximum Gasteiger partial charge on any atom is 0.352 e. The Kier molecular flexibility index (Phi) is 5.82. The number of fused-ring (bicyclic) bond motifs is 2. The molecule has 0 bridgehead atoms. The number of amides is 1. The van der Waals surface area contributed by atoms with E-state index in [0.29, 0.717) is 26.7 Å². The number of benzene rings is 1. The van der Waals surface area contributed by atoms with E-state index in [2.05, 4.69) is 4.98 Å². The molecule has 2 aromatic heterocycles. The number of nitro benzene ring substituents is 1. The largest absolute Gasteiger partial charge is 0.477 e. The molecule has 1 unspecified atom stereocenters. The lowest BCUT2D eigenvalue weighted by Crippen LogP contribution is -2.64. The molecular formula is C23H19N5O6S2. The van der Waals surface area contributed by atoms with E-state index in [9.17, 15) is 35.2 Å². The Morgan fingerprint density at radius 3 is 2.64 bits per heavy atom. The zero-order valence-electron chi connectivity index (χ0n) is 19.0. The third-order valence-electron chi connectivity index (χ3n) is 6.64. The van der Waals surface area contributed by atoms with Gasteiger partial charge in [0.25, 0.3) is 5.69 Å². The first-order valence-electron chi connectivity index (χ1n) is 10.9. The van der Waals surface area contributed by atoms with Crippen LogP contribution in [0.3, 0.4) is 0 Å². The molecule has 2 N–H and O–H groups in total. The number of hydrogen-bond acceptors (Lipinski definition) is 9. The van der Waals surface area contributed by atoms with E-state index in [1.165, 1.54) is 47.1 Å². The van der Waals surface area contributed by atoms with Crippen molar-refractivity contribution in [2.75, 3.05) is 6.26 Å². The van der Waals surface area contributed by atoms with Crippen molar-refractivity contribution in [3.63, 3.8) is 0 Å². The quantitative estimate of drug-likeness (QED) is 0.204. The van der Waals surface area contributed by atoms with Crippen molar-refractivity contribution < 1.29 is 24.7 Å². The van der Waals surface area contributed by atoms with Crippen LogP contribution in [0.4, 0.5) is 5.69 Å². The number of aliphatic carboxylic acids is 1. The fourth-order valence-electron chi connectivity index (χ4n) is 5.13. The smallest absolute Gasteiger partial charge is 0.352 e. The SMILES string of the molecule is CSc1nc(C#N)n2cc(C3=C(C(=O)O)N4C(=O)[C@H]([C@@H](C)O)[C@H]4C3Cc3ccc([N+](=O)[O-])cc3)sc12. The van der Waals surface area contributed by atoms with Crippen LogP contribution in [-0.2, 0) is 16.0 Å². The fraction of sp³-hybridized carbons (Fsp3) is 0.304. The third kappa shape index (κ3) is 3.48. The number of hydrogen-bond donors (Lipinski definition) is 2. The predicted molar refractivity (Wildman–Crippen MR) is 130 cm³/mol. The number of nitrogens with zero attached hydrogens (tertiary/aromatic N) is 5. The molecule has 0 saturated carbocycles. The molecule has 13 heteroatoms. The lowest BCUT2D eigenvalue weighted by Gasteiger charge is -2.47. The van der Waals surface area contributed by atoms with Gasteiger partial charge in [0.1, 0.15) is 21.6 Å². The maximum absolute atomic E-state index is 13.0. The summed E-state index contributed by atoms with van der Waals surface area (Å²) in [5.41, 5.74) is 0.956. The Hall–Kier alpha value is -3.73. The molecule has 5 rings (SSSR count). The number of nitriles is 1. The maximum atomic E-state index is 13.0. The van der Waals surface area contributed by atoms with Crippen LogP contribution in [0.15, 0.2) is 41.2 Å². The fourth-order valence-corrected chi connectivity index (χ4v) is 7.05. The van der Waals surface area contributed by atoms with Gasteiger partial charge in [-0.25, -0.2) is 9.78 Å². The minimum atomic E-state index is -1.26.